The molecule has 0 spiro atoms. The van der Waals surface area contributed by atoms with Gasteiger partial charge in [0.1, 0.15) is 0 Å². The van der Waals surface area contributed by atoms with Crippen molar-refractivity contribution in [2.45, 2.75) is 6.61 Å². The first-order chi connectivity index (χ1) is 13.0. The van der Waals surface area contributed by atoms with Crippen LogP contribution >= 0.6 is 23.8 Å². The summed E-state index contributed by atoms with van der Waals surface area (Å²) in [5.74, 6) is 0. The van der Waals surface area contributed by atoms with Crippen molar-refractivity contribution in [1.82, 2.24) is 19.2 Å². The average Bonchev–Trinajstić information content (AvgIpc) is 3.01. The number of halogens is 1. The lowest BCUT2D eigenvalue weighted by atomic mass is 10.1. The SMILES string of the molecule is COCc1nn2c(ncc3c(=O)n(C(N)=S)ccc32)c1-c1ccc(Cl)cc1. The zero-order valence-corrected chi connectivity index (χ0v) is 15.8. The minimum absolute atomic E-state index is 0.0237. The van der Waals surface area contributed by atoms with Crippen LogP contribution in [0.25, 0.3) is 27.7 Å². The van der Waals surface area contributed by atoms with Crippen LogP contribution in [0.15, 0.2) is 47.5 Å². The first-order valence-electron chi connectivity index (χ1n) is 7.98. The number of pyridine rings is 1. The molecule has 0 aliphatic carbocycles. The van der Waals surface area contributed by atoms with Gasteiger partial charge in [-0.15, -0.1) is 0 Å². The maximum Gasteiger partial charge on any atom is 0.267 e. The summed E-state index contributed by atoms with van der Waals surface area (Å²) in [6.45, 7) is 0.298. The predicted octanol–water partition coefficient (Wildman–Crippen LogP) is 2.60. The van der Waals surface area contributed by atoms with Crippen molar-refractivity contribution in [3.8, 4) is 11.1 Å². The van der Waals surface area contributed by atoms with Crippen molar-refractivity contribution in [2.24, 2.45) is 5.73 Å². The van der Waals surface area contributed by atoms with E-state index >= 15 is 0 Å². The van der Waals surface area contributed by atoms with Gasteiger partial charge in [-0.25, -0.2) is 9.50 Å². The van der Waals surface area contributed by atoms with Crippen LogP contribution < -0.4 is 11.3 Å². The molecule has 4 aromatic rings. The number of hydrogen-bond donors (Lipinski definition) is 1. The number of ether oxygens (including phenoxy) is 1. The minimum Gasteiger partial charge on any atom is -0.378 e. The lowest BCUT2D eigenvalue weighted by Crippen LogP contribution is -2.31. The Morgan fingerprint density at radius 1 is 1.30 bits per heavy atom. The Balaban J connectivity index is 2.06. The van der Waals surface area contributed by atoms with Crippen LogP contribution in [0, 0.1) is 0 Å². The van der Waals surface area contributed by atoms with Crippen molar-refractivity contribution in [3.63, 3.8) is 0 Å². The number of nitrogens with two attached hydrogens (primary N) is 1. The summed E-state index contributed by atoms with van der Waals surface area (Å²) in [4.78, 5) is 17.1. The highest BCUT2D eigenvalue weighted by Gasteiger charge is 2.18. The first-order valence-corrected chi connectivity index (χ1v) is 8.76. The van der Waals surface area contributed by atoms with Gasteiger partial charge in [0, 0.05) is 24.5 Å². The summed E-state index contributed by atoms with van der Waals surface area (Å²) in [6, 6.07) is 9.14. The Hall–Kier alpha value is -2.81. The molecule has 0 unspecified atom stereocenters. The van der Waals surface area contributed by atoms with E-state index in [1.54, 1.807) is 29.8 Å². The molecule has 9 heteroatoms. The molecule has 0 saturated heterocycles. The Kier molecular flexibility index (Phi) is 4.39. The van der Waals surface area contributed by atoms with Gasteiger partial charge in [0.15, 0.2) is 10.8 Å². The molecule has 4 rings (SSSR count). The number of aromatic nitrogens is 4. The Morgan fingerprint density at radius 2 is 2.04 bits per heavy atom. The smallest absolute Gasteiger partial charge is 0.267 e. The Labute approximate surface area is 163 Å². The predicted molar refractivity (Wildman–Crippen MR) is 108 cm³/mol. The van der Waals surface area contributed by atoms with E-state index < -0.39 is 0 Å². The van der Waals surface area contributed by atoms with E-state index in [1.165, 1.54) is 17.0 Å². The first kappa shape index (κ1) is 17.6. The number of fused-ring (bicyclic) bond motifs is 3. The van der Waals surface area contributed by atoms with Crippen LogP contribution in [-0.4, -0.2) is 31.4 Å². The van der Waals surface area contributed by atoms with Crippen molar-refractivity contribution in [3.05, 3.63) is 63.8 Å². The van der Waals surface area contributed by atoms with E-state index in [4.69, 9.17) is 34.3 Å². The molecule has 1 aromatic carbocycles. The third kappa shape index (κ3) is 2.87. The summed E-state index contributed by atoms with van der Waals surface area (Å²) in [5.41, 5.74) is 8.92. The van der Waals surface area contributed by atoms with Crippen molar-refractivity contribution < 1.29 is 4.74 Å². The lowest BCUT2D eigenvalue weighted by Gasteiger charge is -2.06. The molecule has 0 atom stereocenters. The summed E-state index contributed by atoms with van der Waals surface area (Å²) in [5, 5.41) is 5.61. The van der Waals surface area contributed by atoms with Crippen LogP contribution in [0.1, 0.15) is 5.69 Å². The van der Waals surface area contributed by atoms with Crippen molar-refractivity contribution >= 4 is 45.5 Å². The van der Waals surface area contributed by atoms with Gasteiger partial charge in [-0.2, -0.15) is 5.10 Å². The largest absolute Gasteiger partial charge is 0.378 e. The zero-order chi connectivity index (χ0) is 19.1. The van der Waals surface area contributed by atoms with Crippen molar-refractivity contribution in [2.75, 3.05) is 7.11 Å². The molecule has 2 N–H and O–H groups in total. The fraction of sp³-hybridized carbons (Fsp3) is 0.111. The quantitative estimate of drug-likeness (QED) is 0.533. The fourth-order valence-electron chi connectivity index (χ4n) is 3.04. The molecule has 0 bridgehead atoms. The molecule has 0 fully saturated rings. The fourth-order valence-corrected chi connectivity index (χ4v) is 3.31. The van der Waals surface area contributed by atoms with E-state index in [2.05, 4.69) is 10.1 Å². The molecule has 27 heavy (non-hydrogen) atoms. The van der Waals surface area contributed by atoms with Crippen LogP contribution in [0.3, 0.4) is 0 Å². The highest BCUT2D eigenvalue weighted by atomic mass is 35.5. The number of hydrogen-bond acceptors (Lipinski definition) is 5. The van der Waals surface area contributed by atoms with E-state index in [0.717, 1.165) is 11.1 Å². The standard InChI is InChI=1S/C18H14ClN5O2S/c1-26-9-13-15(10-2-4-11(19)5-3-10)16-21-8-12-14(24(16)22-13)6-7-23(17(12)25)18(20)27/h2-8H,9H2,1H3,(H2,20,27). The second-order valence-electron chi connectivity index (χ2n) is 5.88. The van der Waals surface area contributed by atoms with Gasteiger partial charge >= 0.3 is 0 Å². The normalized spacial score (nSPS) is 11.3. The topological polar surface area (TPSA) is 87.4 Å². The second kappa shape index (κ2) is 6.73. The number of thiocarbonyl (C=S) groups is 1. The maximum atomic E-state index is 12.6. The molecule has 0 aliphatic heterocycles. The van der Waals surface area contributed by atoms with E-state index in [-0.39, 0.29) is 10.7 Å². The van der Waals surface area contributed by atoms with E-state index in [1.807, 2.05) is 12.1 Å². The van der Waals surface area contributed by atoms with E-state index in [0.29, 0.717) is 33.9 Å². The minimum atomic E-state index is -0.341. The zero-order valence-electron chi connectivity index (χ0n) is 14.2. The van der Waals surface area contributed by atoms with Crippen LogP contribution in [0.4, 0.5) is 0 Å². The molecule has 7 nitrogen and oxygen atoms in total. The third-order valence-corrected chi connectivity index (χ3v) is 4.68. The third-order valence-electron chi connectivity index (χ3n) is 4.24. The molecule has 0 amide bonds. The summed E-state index contributed by atoms with van der Waals surface area (Å²) < 4.78 is 8.14. The monoisotopic (exact) mass is 399 g/mol. The number of benzene rings is 1. The van der Waals surface area contributed by atoms with Crippen LogP contribution in [0.2, 0.25) is 5.02 Å². The van der Waals surface area contributed by atoms with Gasteiger partial charge in [-0.05, 0) is 36.0 Å². The Morgan fingerprint density at radius 3 is 2.70 bits per heavy atom. The number of methoxy groups -OCH3 is 1. The molecule has 0 radical (unpaired) electrons. The summed E-state index contributed by atoms with van der Waals surface area (Å²) in [6.07, 6.45) is 3.05. The number of nitrogens with zero attached hydrogens (tertiary/aromatic N) is 4. The second-order valence-corrected chi connectivity index (χ2v) is 6.74. The van der Waals surface area contributed by atoms with Gasteiger partial charge in [-0.3, -0.25) is 9.36 Å². The number of rotatable bonds is 3. The molecular formula is C18H14ClN5O2S. The van der Waals surface area contributed by atoms with Gasteiger partial charge < -0.3 is 10.5 Å². The van der Waals surface area contributed by atoms with Gasteiger partial charge in [0.25, 0.3) is 5.56 Å². The lowest BCUT2D eigenvalue weighted by molar-refractivity contribution is 0.181. The van der Waals surface area contributed by atoms with Gasteiger partial charge in [-0.1, -0.05) is 23.7 Å². The van der Waals surface area contributed by atoms with Crippen molar-refractivity contribution in [1.29, 1.82) is 0 Å². The van der Waals surface area contributed by atoms with Crippen LogP contribution in [-0.2, 0) is 11.3 Å². The summed E-state index contributed by atoms with van der Waals surface area (Å²) >= 11 is 10.9. The molecule has 3 heterocycles. The molecular weight excluding hydrogens is 386 g/mol. The van der Waals surface area contributed by atoms with Gasteiger partial charge in [0.05, 0.1) is 28.8 Å². The summed E-state index contributed by atoms with van der Waals surface area (Å²) in [7, 11) is 1.60. The molecule has 0 aliphatic rings. The Bertz CT molecular complexity index is 1250. The average molecular weight is 400 g/mol. The highest BCUT2D eigenvalue weighted by Crippen LogP contribution is 2.30. The van der Waals surface area contributed by atoms with Gasteiger partial charge in [0.2, 0.25) is 0 Å². The highest BCUT2D eigenvalue weighted by molar-refractivity contribution is 7.80. The molecule has 3 aromatic heterocycles. The maximum absolute atomic E-state index is 12.6. The molecule has 136 valence electrons. The van der Waals surface area contributed by atoms with Crippen LogP contribution in [0.5, 0.6) is 0 Å². The molecule has 0 saturated carbocycles. The van der Waals surface area contributed by atoms with E-state index in [9.17, 15) is 4.79 Å².